The molecule has 0 amide bonds. The Labute approximate surface area is 89.2 Å². The predicted molar refractivity (Wildman–Crippen MR) is 55.3 cm³/mol. The highest BCUT2D eigenvalue weighted by Crippen LogP contribution is 2.41. The minimum Gasteiger partial charge on any atom is -0.265 e. The van der Waals surface area contributed by atoms with Crippen molar-refractivity contribution in [2.45, 2.75) is 31.2 Å². The first-order chi connectivity index (χ1) is 7.16. The lowest BCUT2D eigenvalue weighted by Crippen LogP contribution is -2.14. The summed E-state index contributed by atoms with van der Waals surface area (Å²) in [6, 6.07) is 1.96. The lowest BCUT2D eigenvalue weighted by molar-refractivity contribution is 0.480. The van der Waals surface area contributed by atoms with Crippen molar-refractivity contribution >= 4 is 9.84 Å². The van der Waals surface area contributed by atoms with Gasteiger partial charge in [-0.15, -0.1) is 0 Å². The van der Waals surface area contributed by atoms with Crippen LogP contribution >= 0.6 is 0 Å². The maximum absolute atomic E-state index is 11.4. The van der Waals surface area contributed by atoms with Crippen LogP contribution in [0.4, 0.5) is 0 Å². The van der Waals surface area contributed by atoms with Crippen molar-refractivity contribution in [1.82, 2.24) is 9.78 Å². The molecular weight excluding hydrogens is 212 g/mol. The Bertz CT molecular complexity index is 473. The molecule has 1 radical (unpaired) electrons. The molecule has 1 unspecified atom stereocenters. The molecule has 15 heavy (non-hydrogen) atoms. The molecule has 4 nitrogen and oxygen atoms in total. The summed E-state index contributed by atoms with van der Waals surface area (Å²) in [5.41, 5.74) is 1.18. The Morgan fingerprint density at radius 1 is 1.40 bits per heavy atom. The summed E-state index contributed by atoms with van der Waals surface area (Å²) in [6.45, 7) is 0. The van der Waals surface area contributed by atoms with Crippen molar-refractivity contribution in [3.63, 3.8) is 0 Å². The van der Waals surface area contributed by atoms with Gasteiger partial charge in [-0.25, -0.2) is 8.42 Å². The van der Waals surface area contributed by atoms with E-state index in [0.717, 1.165) is 0 Å². The molecule has 1 saturated heterocycles. The summed E-state index contributed by atoms with van der Waals surface area (Å²) in [5.74, 6) is 1.16. The van der Waals surface area contributed by atoms with Crippen LogP contribution in [-0.2, 0) is 9.84 Å². The SMILES string of the molecule is O=S1(=O)CCC(n2n[c]cc2C2CC2)C1. The van der Waals surface area contributed by atoms with Crippen LogP contribution in [0, 0.1) is 6.20 Å². The Hall–Kier alpha value is -0.840. The highest BCUT2D eigenvalue weighted by Gasteiger charge is 2.34. The number of hydrogen-bond acceptors (Lipinski definition) is 3. The van der Waals surface area contributed by atoms with E-state index in [9.17, 15) is 8.42 Å². The molecule has 1 atom stereocenters. The van der Waals surface area contributed by atoms with Gasteiger partial charge in [-0.1, -0.05) is 0 Å². The second kappa shape index (κ2) is 3.07. The normalized spacial score (nSPS) is 29.5. The van der Waals surface area contributed by atoms with E-state index in [1.54, 1.807) is 0 Å². The van der Waals surface area contributed by atoms with Crippen LogP contribution in [-0.4, -0.2) is 29.7 Å². The first kappa shape index (κ1) is 9.39. The molecule has 2 heterocycles. The van der Waals surface area contributed by atoms with Crippen LogP contribution in [0.5, 0.6) is 0 Å². The van der Waals surface area contributed by atoms with Gasteiger partial charge in [-0.2, -0.15) is 5.10 Å². The first-order valence-corrected chi connectivity index (χ1v) is 7.14. The average Bonchev–Trinajstić information content (AvgIpc) is 2.79. The quantitative estimate of drug-likeness (QED) is 0.752. The molecule has 0 N–H and O–H groups in total. The van der Waals surface area contributed by atoms with Crippen molar-refractivity contribution in [2.75, 3.05) is 11.5 Å². The van der Waals surface area contributed by atoms with E-state index >= 15 is 0 Å². The van der Waals surface area contributed by atoms with E-state index in [2.05, 4.69) is 11.3 Å². The van der Waals surface area contributed by atoms with Crippen LogP contribution in [0.3, 0.4) is 0 Å². The van der Waals surface area contributed by atoms with Crippen LogP contribution in [0.25, 0.3) is 0 Å². The number of nitrogens with zero attached hydrogens (tertiary/aromatic N) is 2. The highest BCUT2D eigenvalue weighted by atomic mass is 32.2. The molecule has 2 fully saturated rings. The van der Waals surface area contributed by atoms with Gasteiger partial charge in [-0.05, 0) is 25.3 Å². The Morgan fingerprint density at radius 3 is 2.80 bits per heavy atom. The van der Waals surface area contributed by atoms with Gasteiger partial charge in [0.25, 0.3) is 0 Å². The number of hydrogen-bond donors (Lipinski definition) is 0. The van der Waals surface area contributed by atoms with E-state index in [-0.39, 0.29) is 11.8 Å². The molecule has 0 bridgehead atoms. The molecule has 1 aliphatic heterocycles. The van der Waals surface area contributed by atoms with Crippen LogP contribution < -0.4 is 0 Å². The minimum atomic E-state index is -2.82. The summed E-state index contributed by atoms with van der Waals surface area (Å²) in [4.78, 5) is 0. The zero-order valence-corrected chi connectivity index (χ0v) is 9.20. The zero-order chi connectivity index (χ0) is 10.5. The summed E-state index contributed by atoms with van der Waals surface area (Å²) in [6.07, 6.45) is 5.96. The summed E-state index contributed by atoms with van der Waals surface area (Å²) >= 11 is 0. The van der Waals surface area contributed by atoms with E-state index in [4.69, 9.17) is 0 Å². The Morgan fingerprint density at radius 2 is 2.20 bits per heavy atom. The standard InChI is InChI=1S/C10H13N2O2S/c13-15(14)6-4-9(7-15)12-10(3-5-11-12)8-1-2-8/h3,8-9H,1-2,4,6-7H2. The van der Waals surface area contributed by atoms with E-state index in [1.807, 2.05) is 10.7 Å². The van der Waals surface area contributed by atoms with E-state index in [0.29, 0.717) is 18.1 Å². The van der Waals surface area contributed by atoms with Crippen LogP contribution in [0.15, 0.2) is 6.07 Å². The van der Waals surface area contributed by atoms with Gasteiger partial charge in [0.2, 0.25) is 0 Å². The fraction of sp³-hybridized carbons (Fsp3) is 0.700. The van der Waals surface area contributed by atoms with Gasteiger partial charge in [0.05, 0.1) is 17.5 Å². The molecular formula is C10H13N2O2S. The maximum atomic E-state index is 11.4. The first-order valence-electron chi connectivity index (χ1n) is 5.32. The molecule has 1 saturated carbocycles. The summed E-state index contributed by atoms with van der Waals surface area (Å²) in [7, 11) is -2.82. The Balaban J connectivity index is 1.90. The van der Waals surface area contributed by atoms with Gasteiger partial charge in [0.1, 0.15) is 6.20 Å². The Kier molecular flexibility index (Phi) is 1.92. The monoisotopic (exact) mass is 225 g/mol. The second-order valence-corrected chi connectivity index (χ2v) is 6.70. The fourth-order valence-corrected chi connectivity index (χ4v) is 3.92. The van der Waals surface area contributed by atoms with Crippen LogP contribution in [0.2, 0.25) is 0 Å². The largest absolute Gasteiger partial charge is 0.265 e. The van der Waals surface area contributed by atoms with Crippen molar-refractivity contribution in [3.05, 3.63) is 18.0 Å². The minimum absolute atomic E-state index is 0.0526. The van der Waals surface area contributed by atoms with Crippen molar-refractivity contribution in [3.8, 4) is 0 Å². The van der Waals surface area contributed by atoms with E-state index in [1.165, 1.54) is 18.5 Å². The lowest BCUT2D eigenvalue weighted by atomic mass is 10.2. The highest BCUT2D eigenvalue weighted by molar-refractivity contribution is 7.91. The molecule has 0 aromatic carbocycles. The van der Waals surface area contributed by atoms with Gasteiger partial charge in [0, 0.05) is 11.6 Å². The fourth-order valence-electron chi connectivity index (χ4n) is 2.23. The number of aromatic nitrogens is 2. The van der Waals surface area contributed by atoms with Gasteiger partial charge in [-0.3, -0.25) is 4.68 Å². The maximum Gasteiger partial charge on any atom is 0.152 e. The number of sulfone groups is 1. The molecule has 0 spiro atoms. The molecule has 1 aromatic rings. The third-order valence-electron chi connectivity index (χ3n) is 3.19. The third kappa shape index (κ3) is 1.69. The lowest BCUT2D eigenvalue weighted by Gasteiger charge is -2.12. The summed E-state index contributed by atoms with van der Waals surface area (Å²) in [5, 5.41) is 4.15. The van der Waals surface area contributed by atoms with Crippen LogP contribution in [0.1, 0.15) is 36.9 Å². The molecule has 3 rings (SSSR count). The third-order valence-corrected chi connectivity index (χ3v) is 4.94. The molecule has 5 heteroatoms. The topological polar surface area (TPSA) is 52.0 Å². The second-order valence-electron chi connectivity index (χ2n) is 4.47. The average molecular weight is 225 g/mol. The van der Waals surface area contributed by atoms with Gasteiger partial charge >= 0.3 is 0 Å². The molecule has 1 aliphatic carbocycles. The molecule has 81 valence electrons. The van der Waals surface area contributed by atoms with Gasteiger partial charge in [0.15, 0.2) is 9.84 Å². The molecule has 1 aromatic heterocycles. The van der Waals surface area contributed by atoms with Crippen molar-refractivity contribution in [2.24, 2.45) is 0 Å². The predicted octanol–water partition coefficient (Wildman–Crippen LogP) is 0.920. The molecule has 2 aliphatic rings. The smallest absolute Gasteiger partial charge is 0.152 e. The summed E-state index contributed by atoms with van der Waals surface area (Å²) < 4.78 is 24.7. The number of rotatable bonds is 2. The van der Waals surface area contributed by atoms with E-state index < -0.39 is 9.84 Å². The van der Waals surface area contributed by atoms with Crippen molar-refractivity contribution in [1.29, 1.82) is 0 Å². The zero-order valence-electron chi connectivity index (χ0n) is 8.39. The van der Waals surface area contributed by atoms with Crippen molar-refractivity contribution < 1.29 is 8.42 Å². The van der Waals surface area contributed by atoms with Gasteiger partial charge < -0.3 is 0 Å².